The molecule has 0 aliphatic heterocycles. The lowest BCUT2D eigenvalue weighted by atomic mass is 10.1. The van der Waals surface area contributed by atoms with Crippen molar-refractivity contribution >= 4 is 30.7 Å². The Labute approximate surface area is 136 Å². The molecule has 2 aromatic rings. The molecule has 0 bridgehead atoms. The molecular weight excluding hydrogens is 311 g/mol. The molecule has 1 aromatic heterocycles. The number of amides is 1. The third kappa shape index (κ3) is 6.16. The maximum absolute atomic E-state index is 11.8. The normalized spacial score (nSPS) is 11.0. The zero-order valence-corrected chi connectivity index (χ0v) is 13.4. The standard InChI is InChI=1S/C14H18N4O.2ClH/c1-18-10-11(8-17-18)7-14(19)16-9-13(15)12-5-3-2-4-6-12;;/h2-6,8,10,13H,7,9,15H2,1H3,(H,16,19);2*1H. The Morgan fingerprint density at radius 1 is 1.33 bits per heavy atom. The van der Waals surface area contributed by atoms with E-state index in [2.05, 4.69) is 10.4 Å². The molecular formula is C14H20Cl2N4O. The summed E-state index contributed by atoms with van der Waals surface area (Å²) in [5.41, 5.74) is 7.92. The summed E-state index contributed by atoms with van der Waals surface area (Å²) in [6.07, 6.45) is 3.85. The fourth-order valence-corrected chi connectivity index (χ4v) is 1.85. The summed E-state index contributed by atoms with van der Waals surface area (Å²) in [6, 6.07) is 9.55. The summed E-state index contributed by atoms with van der Waals surface area (Å²) in [7, 11) is 1.83. The van der Waals surface area contributed by atoms with Crippen molar-refractivity contribution in [2.45, 2.75) is 12.5 Å². The molecule has 1 atom stereocenters. The second-order valence-corrected chi connectivity index (χ2v) is 4.52. The van der Waals surface area contributed by atoms with Crippen molar-refractivity contribution in [3.63, 3.8) is 0 Å². The summed E-state index contributed by atoms with van der Waals surface area (Å²) in [6.45, 7) is 0.434. The van der Waals surface area contributed by atoms with Crippen LogP contribution in [-0.4, -0.2) is 22.2 Å². The van der Waals surface area contributed by atoms with Crippen LogP contribution in [0.2, 0.25) is 0 Å². The summed E-state index contributed by atoms with van der Waals surface area (Å²) in [4.78, 5) is 11.8. The topological polar surface area (TPSA) is 72.9 Å². The first-order valence-corrected chi connectivity index (χ1v) is 6.20. The molecule has 0 radical (unpaired) electrons. The number of carbonyl (C=O) groups is 1. The summed E-state index contributed by atoms with van der Waals surface area (Å²) < 4.78 is 1.68. The van der Waals surface area contributed by atoms with Gasteiger partial charge in [-0.3, -0.25) is 9.48 Å². The number of nitrogens with zero attached hydrogens (tertiary/aromatic N) is 2. The van der Waals surface area contributed by atoms with Crippen molar-refractivity contribution < 1.29 is 4.79 Å². The van der Waals surface area contributed by atoms with Gasteiger partial charge in [0.1, 0.15) is 0 Å². The van der Waals surface area contributed by atoms with Crippen LogP contribution in [0.3, 0.4) is 0 Å². The van der Waals surface area contributed by atoms with Gasteiger partial charge >= 0.3 is 0 Å². The van der Waals surface area contributed by atoms with Gasteiger partial charge in [-0.1, -0.05) is 30.3 Å². The number of benzene rings is 1. The highest BCUT2D eigenvalue weighted by Gasteiger charge is 2.09. The third-order valence-corrected chi connectivity index (χ3v) is 2.87. The largest absolute Gasteiger partial charge is 0.354 e. The van der Waals surface area contributed by atoms with Crippen molar-refractivity contribution in [1.29, 1.82) is 0 Å². The first-order valence-electron chi connectivity index (χ1n) is 6.20. The maximum Gasteiger partial charge on any atom is 0.224 e. The SMILES string of the molecule is Cl.Cl.Cn1cc(CC(=O)NCC(N)c2ccccc2)cn1. The number of aryl methyl sites for hydroxylation is 1. The Kier molecular flexibility index (Phi) is 8.69. The third-order valence-electron chi connectivity index (χ3n) is 2.87. The van der Waals surface area contributed by atoms with E-state index in [-0.39, 0.29) is 36.8 Å². The predicted molar refractivity (Wildman–Crippen MR) is 87.8 cm³/mol. The Bertz CT molecular complexity index is 545. The molecule has 1 amide bonds. The first-order chi connectivity index (χ1) is 9.15. The van der Waals surface area contributed by atoms with Crippen LogP contribution in [0.25, 0.3) is 0 Å². The summed E-state index contributed by atoms with van der Waals surface area (Å²) in [5.74, 6) is -0.0422. The van der Waals surface area contributed by atoms with Crippen LogP contribution in [0, 0.1) is 0 Å². The number of aromatic nitrogens is 2. The van der Waals surface area contributed by atoms with Crippen LogP contribution in [0.15, 0.2) is 42.7 Å². The Morgan fingerprint density at radius 2 is 2.00 bits per heavy atom. The van der Waals surface area contributed by atoms with E-state index in [1.54, 1.807) is 10.9 Å². The highest BCUT2D eigenvalue weighted by atomic mass is 35.5. The van der Waals surface area contributed by atoms with Gasteiger partial charge in [0.25, 0.3) is 0 Å². The van der Waals surface area contributed by atoms with Crippen molar-refractivity contribution in [2.24, 2.45) is 12.8 Å². The van der Waals surface area contributed by atoms with Crippen molar-refractivity contribution in [1.82, 2.24) is 15.1 Å². The molecule has 0 saturated heterocycles. The molecule has 3 N–H and O–H groups in total. The van der Waals surface area contributed by atoms with E-state index in [1.165, 1.54) is 0 Å². The second-order valence-electron chi connectivity index (χ2n) is 4.52. The highest BCUT2D eigenvalue weighted by Crippen LogP contribution is 2.08. The second kappa shape index (κ2) is 9.39. The van der Waals surface area contributed by atoms with Crippen LogP contribution >= 0.6 is 24.8 Å². The zero-order valence-electron chi connectivity index (χ0n) is 11.7. The van der Waals surface area contributed by atoms with Gasteiger partial charge in [-0.05, 0) is 11.1 Å². The quantitative estimate of drug-likeness (QED) is 0.874. The van der Waals surface area contributed by atoms with Crippen LogP contribution in [0.4, 0.5) is 0 Å². The molecule has 0 fully saturated rings. The minimum Gasteiger partial charge on any atom is -0.354 e. The molecule has 5 nitrogen and oxygen atoms in total. The lowest BCUT2D eigenvalue weighted by molar-refractivity contribution is -0.120. The summed E-state index contributed by atoms with van der Waals surface area (Å²) >= 11 is 0. The fraction of sp³-hybridized carbons (Fsp3) is 0.286. The van der Waals surface area contributed by atoms with Crippen molar-refractivity contribution in [2.75, 3.05) is 6.54 Å². The van der Waals surface area contributed by atoms with Crippen LogP contribution in [0.5, 0.6) is 0 Å². The summed E-state index contributed by atoms with van der Waals surface area (Å²) in [5, 5.41) is 6.86. The van der Waals surface area contributed by atoms with E-state index in [9.17, 15) is 4.79 Å². The molecule has 7 heteroatoms. The number of nitrogens with two attached hydrogens (primary N) is 1. The monoisotopic (exact) mass is 330 g/mol. The smallest absolute Gasteiger partial charge is 0.224 e. The van der Waals surface area contributed by atoms with Gasteiger partial charge in [0.05, 0.1) is 12.6 Å². The van der Waals surface area contributed by atoms with Gasteiger partial charge in [0.15, 0.2) is 0 Å². The number of hydrogen-bond acceptors (Lipinski definition) is 3. The Hall–Kier alpha value is -1.56. The number of hydrogen-bond donors (Lipinski definition) is 2. The van der Waals surface area contributed by atoms with Crippen molar-refractivity contribution in [3.8, 4) is 0 Å². The first kappa shape index (κ1) is 19.4. The highest BCUT2D eigenvalue weighted by molar-refractivity contribution is 5.85. The molecule has 2 rings (SSSR count). The van der Waals surface area contributed by atoms with Crippen LogP contribution < -0.4 is 11.1 Å². The van der Waals surface area contributed by atoms with E-state index in [1.807, 2.05) is 43.6 Å². The fourth-order valence-electron chi connectivity index (χ4n) is 1.85. The minimum atomic E-state index is -0.181. The van der Waals surface area contributed by atoms with Gasteiger partial charge in [-0.2, -0.15) is 5.10 Å². The van der Waals surface area contributed by atoms with Crippen molar-refractivity contribution in [3.05, 3.63) is 53.9 Å². The average Bonchev–Trinajstić information content (AvgIpc) is 2.82. The number of rotatable bonds is 5. The molecule has 0 saturated carbocycles. The Morgan fingerprint density at radius 3 is 2.57 bits per heavy atom. The number of carbonyl (C=O) groups excluding carboxylic acids is 1. The van der Waals surface area contributed by atoms with Crippen LogP contribution in [0.1, 0.15) is 17.2 Å². The average molecular weight is 331 g/mol. The zero-order chi connectivity index (χ0) is 13.7. The van der Waals surface area contributed by atoms with Gasteiger partial charge in [-0.15, -0.1) is 24.8 Å². The lowest BCUT2D eigenvalue weighted by Gasteiger charge is -2.12. The lowest BCUT2D eigenvalue weighted by Crippen LogP contribution is -2.32. The van der Waals surface area contributed by atoms with E-state index in [4.69, 9.17) is 5.73 Å². The Balaban J connectivity index is 0.00000200. The molecule has 1 unspecified atom stereocenters. The van der Waals surface area contributed by atoms with E-state index >= 15 is 0 Å². The molecule has 1 aromatic carbocycles. The van der Waals surface area contributed by atoms with Gasteiger partial charge in [-0.25, -0.2) is 0 Å². The molecule has 21 heavy (non-hydrogen) atoms. The van der Waals surface area contributed by atoms with Gasteiger partial charge in [0.2, 0.25) is 5.91 Å². The van der Waals surface area contributed by atoms with E-state index in [0.717, 1.165) is 11.1 Å². The van der Waals surface area contributed by atoms with E-state index < -0.39 is 0 Å². The van der Waals surface area contributed by atoms with Gasteiger partial charge < -0.3 is 11.1 Å². The minimum absolute atomic E-state index is 0. The van der Waals surface area contributed by atoms with Crippen LogP contribution in [-0.2, 0) is 18.3 Å². The molecule has 116 valence electrons. The number of halogens is 2. The molecule has 0 aliphatic rings. The molecule has 0 aliphatic carbocycles. The molecule has 0 spiro atoms. The maximum atomic E-state index is 11.8. The van der Waals surface area contributed by atoms with Gasteiger partial charge in [0, 0.05) is 25.8 Å². The van der Waals surface area contributed by atoms with E-state index in [0.29, 0.717) is 13.0 Å². The number of nitrogens with one attached hydrogen (secondary N) is 1. The predicted octanol–water partition coefficient (Wildman–Crippen LogP) is 1.62. The molecule has 1 heterocycles.